The maximum absolute atomic E-state index is 15.9. The number of nitrogens with two attached hydrogens (primary N) is 1. The van der Waals surface area contributed by atoms with E-state index in [1.807, 2.05) is 6.92 Å². The van der Waals surface area contributed by atoms with Gasteiger partial charge in [0, 0.05) is 37.6 Å². The number of nitrogens with zero attached hydrogens (tertiary/aromatic N) is 2. The highest BCUT2D eigenvalue weighted by atomic mass is 31.2. The van der Waals surface area contributed by atoms with Crippen molar-refractivity contribution in [3.63, 3.8) is 0 Å². The summed E-state index contributed by atoms with van der Waals surface area (Å²) in [4.78, 5) is 76.7. The number of quaternary nitrogens is 1. The Kier molecular flexibility index (Phi) is 15.3. The van der Waals surface area contributed by atoms with Crippen LogP contribution in [-0.4, -0.2) is 102 Å². The fraction of sp³-hybridized carbons (Fsp3) is 0.632. The van der Waals surface area contributed by atoms with Crippen LogP contribution in [0.2, 0.25) is 0 Å². The number of alkyl halides is 2. The minimum atomic E-state index is -5.58. The molecule has 1 aromatic rings. The maximum atomic E-state index is 15.9. The molecule has 2 heterocycles. The van der Waals surface area contributed by atoms with Gasteiger partial charge in [0.15, 0.2) is 6.54 Å². The predicted octanol–water partition coefficient (Wildman–Crippen LogP) is 5.49. The molecule has 3 amide bonds. The van der Waals surface area contributed by atoms with E-state index in [1.54, 1.807) is 0 Å². The Hall–Kier alpha value is -3.93. The van der Waals surface area contributed by atoms with Crippen LogP contribution in [0.4, 0.5) is 13.6 Å². The maximum Gasteiger partial charge on any atom is 0.414 e. The number of carboxylic acid groups (broad SMARTS) is 1. The van der Waals surface area contributed by atoms with Gasteiger partial charge in [-0.15, -0.1) is 0 Å². The number of ketones is 1. The molecule has 0 aromatic heterocycles. The number of esters is 2. The van der Waals surface area contributed by atoms with Crippen LogP contribution in [0, 0.1) is 10.8 Å². The van der Waals surface area contributed by atoms with Gasteiger partial charge in [0.05, 0.1) is 17.4 Å². The van der Waals surface area contributed by atoms with Gasteiger partial charge in [-0.1, -0.05) is 44.0 Å². The summed E-state index contributed by atoms with van der Waals surface area (Å²) in [6.45, 7) is 10.0. The summed E-state index contributed by atoms with van der Waals surface area (Å²) in [6.07, 6.45) is 2.43. The second kappa shape index (κ2) is 18.3. The molecule has 0 spiro atoms. The molecule has 19 heteroatoms. The normalized spacial score (nSPS) is 20.6. The summed E-state index contributed by atoms with van der Waals surface area (Å²) < 4.78 is 64.8. The molecule has 2 aliphatic rings. The third kappa shape index (κ3) is 10.4. The molecule has 2 unspecified atom stereocenters. The molecule has 2 fully saturated rings. The van der Waals surface area contributed by atoms with E-state index in [2.05, 4.69) is 5.32 Å². The van der Waals surface area contributed by atoms with E-state index < -0.39 is 78.9 Å². The van der Waals surface area contributed by atoms with Crippen LogP contribution in [0.3, 0.4) is 0 Å². The second-order valence-corrected chi connectivity index (χ2v) is 18.4. The Morgan fingerprint density at radius 2 is 1.56 bits per heavy atom. The summed E-state index contributed by atoms with van der Waals surface area (Å²) >= 11 is 0. The van der Waals surface area contributed by atoms with Crippen molar-refractivity contribution in [1.82, 2.24) is 10.2 Å². The molecule has 0 radical (unpaired) electrons. The third-order valence-corrected chi connectivity index (χ3v) is 11.8. The summed E-state index contributed by atoms with van der Waals surface area (Å²) in [6, 6.07) is 3.35. The Labute approximate surface area is 331 Å². The number of hydrogen-bond acceptors (Lipinski definition) is 13. The molecule has 0 bridgehead atoms. The molecular formula is C38H56F2N4O12P+. The lowest BCUT2D eigenvalue weighted by molar-refractivity contribution is -0.906. The zero-order valence-corrected chi connectivity index (χ0v) is 34.7. The van der Waals surface area contributed by atoms with E-state index in [0.717, 1.165) is 31.1 Å². The molecule has 4 N–H and O–H groups in total. The van der Waals surface area contributed by atoms with Crippen molar-refractivity contribution in [2.24, 2.45) is 16.6 Å². The predicted molar refractivity (Wildman–Crippen MR) is 202 cm³/mol. The highest BCUT2D eigenvalue weighted by Gasteiger charge is 2.73. The van der Waals surface area contributed by atoms with Crippen LogP contribution in [0.1, 0.15) is 98.6 Å². The van der Waals surface area contributed by atoms with Crippen molar-refractivity contribution in [1.29, 1.82) is 0 Å². The molecule has 0 aliphatic carbocycles. The first-order valence-electron chi connectivity index (χ1n) is 18.7. The lowest BCUT2D eigenvalue weighted by Crippen LogP contribution is -2.86. The zero-order valence-electron chi connectivity index (χ0n) is 33.9. The Balaban J connectivity index is 1.76. The number of ether oxygens (including phenoxy) is 2. The largest absolute Gasteiger partial charge is 0.465 e. The van der Waals surface area contributed by atoms with E-state index in [9.17, 15) is 38.4 Å². The second-order valence-electron chi connectivity index (χ2n) is 16.3. The highest BCUT2D eigenvalue weighted by Crippen LogP contribution is 2.67. The molecule has 16 nitrogen and oxygen atoms in total. The van der Waals surface area contributed by atoms with Gasteiger partial charge in [-0.05, 0) is 66.0 Å². The van der Waals surface area contributed by atoms with E-state index in [4.69, 9.17) is 24.3 Å². The van der Waals surface area contributed by atoms with Crippen molar-refractivity contribution in [3.05, 3.63) is 41.5 Å². The fourth-order valence-corrected chi connectivity index (χ4v) is 7.76. The highest BCUT2D eigenvalue weighted by molar-refractivity contribution is 7.54. The topological polar surface area (TPSA) is 218 Å². The van der Waals surface area contributed by atoms with Crippen LogP contribution in [0.15, 0.2) is 30.3 Å². The molecule has 3 rings (SSSR count). The fourth-order valence-electron chi connectivity index (χ4n) is 6.51. The Morgan fingerprint density at radius 3 is 2.04 bits per heavy atom. The summed E-state index contributed by atoms with van der Waals surface area (Å²) in [5, 5.41) is 13.0. The number of carbonyl (C=O) groups excluding carboxylic acids is 5. The Morgan fingerprint density at radius 1 is 1.02 bits per heavy atom. The lowest BCUT2D eigenvalue weighted by Gasteiger charge is -2.53. The van der Waals surface area contributed by atoms with Gasteiger partial charge >= 0.3 is 37.2 Å². The summed E-state index contributed by atoms with van der Waals surface area (Å²) in [5.41, 5.74) is -1.96. The van der Waals surface area contributed by atoms with Crippen LogP contribution in [0.25, 0.3) is 5.57 Å². The van der Waals surface area contributed by atoms with E-state index in [1.165, 1.54) is 60.6 Å². The van der Waals surface area contributed by atoms with Crippen LogP contribution in [-0.2, 0) is 52.7 Å². The molecule has 318 valence electrons. The monoisotopic (exact) mass is 829 g/mol. The van der Waals surface area contributed by atoms with Gasteiger partial charge in [-0.25, -0.2) is 19.0 Å². The van der Waals surface area contributed by atoms with Crippen LogP contribution in [0.5, 0.6) is 0 Å². The summed E-state index contributed by atoms with van der Waals surface area (Å²) in [7, 11) is -5.58. The quantitative estimate of drug-likeness (QED) is 0.0548. The molecule has 3 atom stereocenters. The molecule has 1 aromatic carbocycles. The van der Waals surface area contributed by atoms with Crippen molar-refractivity contribution in [3.8, 4) is 0 Å². The number of rotatable bonds is 18. The molecule has 2 aliphatic heterocycles. The Bertz CT molecular complexity index is 1740. The van der Waals surface area contributed by atoms with Gasteiger partial charge in [-0.2, -0.15) is 8.78 Å². The smallest absolute Gasteiger partial charge is 0.414 e. The third-order valence-electron chi connectivity index (χ3n) is 9.96. The first kappa shape index (κ1) is 47.4. The minimum absolute atomic E-state index is 0.00275. The molecule has 2 saturated heterocycles. The number of halogens is 2. The zero-order chi connectivity index (χ0) is 43.2. The number of allylic oxidation sites excluding steroid dienone is 1. The average molecular weight is 830 g/mol. The number of amides is 3. The molecular weight excluding hydrogens is 773 g/mol. The van der Waals surface area contributed by atoms with Crippen molar-refractivity contribution >= 4 is 48.8 Å². The van der Waals surface area contributed by atoms with Gasteiger partial charge in [-0.3, -0.25) is 38.1 Å². The van der Waals surface area contributed by atoms with Gasteiger partial charge < -0.3 is 20.3 Å². The van der Waals surface area contributed by atoms with Crippen molar-refractivity contribution in [2.45, 2.75) is 105 Å². The first-order valence-corrected chi connectivity index (χ1v) is 20.2. The van der Waals surface area contributed by atoms with E-state index in [0.29, 0.717) is 30.7 Å². The van der Waals surface area contributed by atoms with Crippen LogP contribution >= 0.6 is 7.60 Å². The number of fused-ring (bicyclic) bond motifs is 1. The van der Waals surface area contributed by atoms with Crippen molar-refractivity contribution in [2.75, 3.05) is 39.8 Å². The van der Waals surface area contributed by atoms with Gasteiger partial charge in [0.1, 0.15) is 6.04 Å². The van der Waals surface area contributed by atoms with E-state index >= 15 is 8.78 Å². The van der Waals surface area contributed by atoms with E-state index in [-0.39, 0.29) is 46.9 Å². The first-order chi connectivity index (χ1) is 26.3. The molecule has 57 heavy (non-hydrogen) atoms. The van der Waals surface area contributed by atoms with Gasteiger partial charge in [0.25, 0.3) is 11.7 Å². The number of hydrogen-bond donors (Lipinski definition) is 3. The number of nitrogens with one attached hydrogen (secondary N) is 1. The van der Waals surface area contributed by atoms with Crippen molar-refractivity contribution < 1.29 is 70.2 Å². The standard InChI is InChI=1S/C38H55F2N4O12P/c1-9-10-12-28(41)31(47)44-20-11-17-37(44,29(45)22-44)42-18-19-43(34(50)51)30(46)21-25(2)26-13-15-27(16-14-26)38(39,40)57(52,55-23-53-32(48)35(3,4)5)56-24-54-33(49)36(6,7)8/h13-16,21,28,42H,9-12,17-20,22-24,41H2,1-8H3/p+1/t28-,37?,44?/m0/s1. The number of unbranched alkanes of at least 4 members (excludes halogenated alkanes) is 1. The molecule has 0 saturated carbocycles. The number of carbonyl (C=O) groups is 6. The van der Waals surface area contributed by atoms with Crippen LogP contribution < -0.4 is 11.1 Å². The SMILES string of the molecule is CCCC[C@H](N)C(=O)[N+]12CCCC1(NCCN(C(=O)O)C(=O)C=C(C)c1ccc(C(F)(F)P(=O)(OCOC(=O)C(C)(C)C)OCOC(=O)C(C)(C)C)cc1)C(=O)C2. The minimum Gasteiger partial charge on any atom is -0.465 e. The lowest BCUT2D eigenvalue weighted by atomic mass is 9.87. The number of imide groups is 1. The van der Waals surface area contributed by atoms with Gasteiger partial charge in [0.2, 0.25) is 19.2 Å². The summed E-state index contributed by atoms with van der Waals surface area (Å²) in [5.74, 6) is -3.06. The number of benzene rings is 1. The average Bonchev–Trinajstić information content (AvgIpc) is 3.42. The number of Topliss-reactive ketones (excluding diaryl/α,β-unsaturated/α-hetero) is 1.